The number of carbonyl (C=O) groups excluding carboxylic acids is 2. The Morgan fingerprint density at radius 2 is 1.92 bits per heavy atom. The van der Waals surface area contributed by atoms with E-state index in [0.717, 1.165) is 12.8 Å². The van der Waals surface area contributed by atoms with Crippen molar-refractivity contribution in [1.29, 1.82) is 0 Å². The minimum Gasteiger partial charge on any atom is -0.307 e. The summed E-state index contributed by atoms with van der Waals surface area (Å²) < 4.78 is 0. The van der Waals surface area contributed by atoms with Gasteiger partial charge in [-0.1, -0.05) is 13.3 Å². The average Bonchev–Trinajstić information content (AvgIpc) is 2.63. The fourth-order valence-electron chi connectivity index (χ4n) is 0.693. The number of allylic oxidation sites excluding steroid dienone is 4. The van der Waals surface area contributed by atoms with Crippen LogP contribution in [0, 0.1) is 6.08 Å². The van der Waals surface area contributed by atoms with Crippen LogP contribution in [0.15, 0.2) is 17.7 Å². The van der Waals surface area contributed by atoms with Gasteiger partial charge < -0.3 is 9.59 Å². The largest absolute Gasteiger partial charge is 0.307 e. The maximum absolute atomic E-state index is 8.00. The topological polar surface area (TPSA) is 34.1 Å². The molecule has 0 unspecified atom stereocenters. The molecule has 1 aliphatic rings. The van der Waals surface area contributed by atoms with Crippen LogP contribution in [-0.2, 0) is 29.7 Å². The zero-order valence-corrected chi connectivity index (χ0v) is 9.53. The third-order valence-electron chi connectivity index (χ3n) is 1.15. The molecule has 0 amide bonds. The number of hydrogen-bond acceptors (Lipinski definition) is 2. The molecule has 1 aliphatic carbocycles. The van der Waals surface area contributed by atoms with Crippen molar-refractivity contribution in [2.45, 2.75) is 19.8 Å². The molecule has 3 heteroatoms. The molecule has 0 spiro atoms. The van der Waals surface area contributed by atoms with Crippen molar-refractivity contribution in [2.24, 2.45) is 0 Å². The number of hydrogen-bond donors (Lipinski definition) is 0. The molecule has 0 aromatic rings. The van der Waals surface area contributed by atoms with E-state index >= 15 is 0 Å². The summed E-state index contributed by atoms with van der Waals surface area (Å²) >= 11 is 0. The standard InChI is InChI=1S/C7H9.2CH2O.Ir/c1-2-7-5-3-4-6-7;2*1-2;/h3,5H,2,4H2,1H3;2*1H2;/q-1;;;. The molecule has 0 bridgehead atoms. The van der Waals surface area contributed by atoms with Gasteiger partial charge in [-0.3, -0.25) is 6.08 Å². The minimum atomic E-state index is 0. The molecular formula is C9H13IrO2-. The van der Waals surface area contributed by atoms with Gasteiger partial charge in [-0.2, -0.15) is 6.08 Å². The van der Waals surface area contributed by atoms with Crippen molar-refractivity contribution in [3.63, 3.8) is 0 Å². The summed E-state index contributed by atoms with van der Waals surface area (Å²) in [6.45, 7) is 6.15. The summed E-state index contributed by atoms with van der Waals surface area (Å²) in [5.41, 5.74) is 1.36. The molecule has 71 valence electrons. The van der Waals surface area contributed by atoms with Crippen molar-refractivity contribution in [1.82, 2.24) is 0 Å². The van der Waals surface area contributed by atoms with Crippen LogP contribution in [0.2, 0.25) is 0 Å². The van der Waals surface area contributed by atoms with Crippen LogP contribution in [0.5, 0.6) is 0 Å². The monoisotopic (exact) mass is 346 g/mol. The molecule has 1 rings (SSSR count). The van der Waals surface area contributed by atoms with Gasteiger partial charge in [0.2, 0.25) is 0 Å². The molecule has 0 aliphatic heterocycles. The third kappa shape index (κ3) is 9.47. The molecule has 0 saturated heterocycles. The Kier molecular flexibility index (Phi) is 24.6. The van der Waals surface area contributed by atoms with Crippen molar-refractivity contribution < 1.29 is 29.7 Å². The summed E-state index contributed by atoms with van der Waals surface area (Å²) in [6.07, 6.45) is 9.65. The molecule has 0 fully saturated rings. The van der Waals surface area contributed by atoms with Gasteiger partial charge in [-0.15, -0.1) is 6.42 Å². The van der Waals surface area contributed by atoms with Crippen LogP contribution in [0.4, 0.5) is 0 Å². The van der Waals surface area contributed by atoms with Gasteiger partial charge in [-0.25, -0.2) is 11.6 Å². The van der Waals surface area contributed by atoms with Gasteiger partial charge in [0.25, 0.3) is 0 Å². The first-order valence-corrected chi connectivity index (χ1v) is 3.27. The molecule has 0 aromatic heterocycles. The molecule has 0 N–H and O–H groups in total. The second-order valence-electron chi connectivity index (χ2n) is 1.66. The number of carbonyl (C=O) groups is 2. The van der Waals surface area contributed by atoms with Crippen molar-refractivity contribution in [3.8, 4) is 0 Å². The van der Waals surface area contributed by atoms with Crippen LogP contribution in [0.3, 0.4) is 0 Å². The first kappa shape index (κ1) is 17.5. The van der Waals surface area contributed by atoms with E-state index in [2.05, 4.69) is 25.2 Å². The molecule has 0 aromatic carbocycles. The summed E-state index contributed by atoms with van der Waals surface area (Å²) in [7, 11) is 0. The first-order valence-electron chi connectivity index (χ1n) is 3.27. The van der Waals surface area contributed by atoms with E-state index in [-0.39, 0.29) is 20.1 Å². The van der Waals surface area contributed by atoms with Gasteiger partial charge in [0.1, 0.15) is 13.6 Å². The Morgan fingerprint density at radius 1 is 1.42 bits per heavy atom. The Bertz CT molecular complexity index is 139. The van der Waals surface area contributed by atoms with Crippen LogP contribution in [-0.4, -0.2) is 13.6 Å². The zero-order chi connectivity index (χ0) is 9.11. The normalized spacial score (nSPS) is 10.9. The summed E-state index contributed by atoms with van der Waals surface area (Å²) in [5, 5.41) is 0. The van der Waals surface area contributed by atoms with Crippen molar-refractivity contribution >= 4 is 13.6 Å². The van der Waals surface area contributed by atoms with Crippen LogP contribution in [0.1, 0.15) is 19.8 Å². The Hall–Kier alpha value is -0.531. The molecule has 1 radical (unpaired) electrons. The molecule has 12 heavy (non-hydrogen) atoms. The van der Waals surface area contributed by atoms with Gasteiger partial charge in [-0.05, 0) is 0 Å². The fourth-order valence-corrected chi connectivity index (χ4v) is 0.693. The van der Waals surface area contributed by atoms with Crippen LogP contribution < -0.4 is 0 Å². The van der Waals surface area contributed by atoms with E-state index in [1.807, 2.05) is 13.6 Å². The minimum absolute atomic E-state index is 0. The van der Waals surface area contributed by atoms with E-state index in [1.54, 1.807) is 0 Å². The maximum Gasteiger partial charge on any atom is 0.106 e. The smallest absolute Gasteiger partial charge is 0.106 e. The van der Waals surface area contributed by atoms with E-state index in [9.17, 15) is 0 Å². The van der Waals surface area contributed by atoms with E-state index < -0.39 is 0 Å². The zero-order valence-electron chi connectivity index (χ0n) is 7.13. The quantitative estimate of drug-likeness (QED) is 0.678. The van der Waals surface area contributed by atoms with Gasteiger partial charge in [0.05, 0.1) is 0 Å². The predicted octanol–water partition coefficient (Wildman–Crippen LogP) is 1.71. The Morgan fingerprint density at radius 3 is 2.08 bits per heavy atom. The molecular weight excluding hydrogens is 332 g/mol. The average molecular weight is 345 g/mol. The van der Waals surface area contributed by atoms with Crippen LogP contribution >= 0.6 is 0 Å². The SMILES string of the molecule is C=O.C=O.CCC1=[C-]CC=C1.[Ir]. The maximum atomic E-state index is 8.00. The van der Waals surface area contributed by atoms with E-state index in [4.69, 9.17) is 9.59 Å². The fraction of sp³-hybridized carbons (Fsp3) is 0.333. The molecule has 2 nitrogen and oxygen atoms in total. The molecule has 0 saturated carbocycles. The van der Waals surface area contributed by atoms with Gasteiger partial charge >= 0.3 is 0 Å². The summed E-state index contributed by atoms with van der Waals surface area (Å²) in [4.78, 5) is 16.0. The van der Waals surface area contributed by atoms with Gasteiger partial charge in [0.15, 0.2) is 0 Å². The second kappa shape index (κ2) is 16.8. The first-order chi connectivity index (χ1) is 5.43. The van der Waals surface area contributed by atoms with E-state index in [0.29, 0.717) is 0 Å². The molecule has 0 atom stereocenters. The predicted molar refractivity (Wildman–Crippen MR) is 45.0 cm³/mol. The van der Waals surface area contributed by atoms with Crippen molar-refractivity contribution in [2.75, 3.05) is 0 Å². The van der Waals surface area contributed by atoms with Gasteiger partial charge in [0, 0.05) is 20.1 Å². The third-order valence-corrected chi connectivity index (χ3v) is 1.15. The summed E-state index contributed by atoms with van der Waals surface area (Å²) in [5.74, 6) is 0. The van der Waals surface area contributed by atoms with Crippen LogP contribution in [0.25, 0.3) is 0 Å². The van der Waals surface area contributed by atoms with Crippen molar-refractivity contribution in [3.05, 3.63) is 23.8 Å². The van der Waals surface area contributed by atoms with E-state index in [1.165, 1.54) is 5.57 Å². The second-order valence-corrected chi connectivity index (χ2v) is 1.66. The Balaban J connectivity index is -0.000000144. The Labute approximate surface area is 87.1 Å². The summed E-state index contributed by atoms with van der Waals surface area (Å²) in [6, 6.07) is 0. The number of rotatable bonds is 1. The molecule has 0 heterocycles.